The van der Waals surface area contributed by atoms with Crippen LogP contribution in [0.2, 0.25) is 0 Å². The number of carbonyl (C=O) groups excluding carboxylic acids is 3. The summed E-state index contributed by atoms with van der Waals surface area (Å²) in [7, 11) is 0. The second-order valence-corrected chi connectivity index (χ2v) is 3.55. The van der Waals surface area contributed by atoms with Crippen LogP contribution in [0.5, 0.6) is 0 Å². The summed E-state index contributed by atoms with van der Waals surface area (Å²) in [6.07, 6.45) is 0.468. The van der Waals surface area contributed by atoms with Crippen molar-refractivity contribution in [3.63, 3.8) is 0 Å². The van der Waals surface area contributed by atoms with Gasteiger partial charge in [0.05, 0.1) is 6.42 Å². The van der Waals surface area contributed by atoms with Crippen LogP contribution in [-0.2, 0) is 19.1 Å². The molecule has 0 aliphatic heterocycles. The lowest BCUT2D eigenvalue weighted by Crippen LogP contribution is -2.41. The number of hydrogen-bond acceptors (Lipinski definition) is 7. The Morgan fingerprint density at radius 1 is 1.06 bits per heavy atom. The maximum atomic E-state index is 11.3. The van der Waals surface area contributed by atoms with E-state index in [0.29, 0.717) is 19.4 Å². The smallest absolute Gasteiger partial charge is 0.331 e. The lowest BCUT2D eigenvalue weighted by molar-refractivity contribution is -0.162. The van der Waals surface area contributed by atoms with E-state index in [1.165, 1.54) is 0 Å². The molecule has 8 heteroatoms. The summed E-state index contributed by atoms with van der Waals surface area (Å²) in [5.41, 5.74) is 20.8. The van der Waals surface area contributed by atoms with E-state index in [0.717, 1.165) is 0 Å². The monoisotopic (exact) mass is 246 g/mol. The van der Waals surface area contributed by atoms with Crippen molar-refractivity contribution in [3.05, 3.63) is 0 Å². The average Bonchev–Trinajstić information content (AvgIpc) is 2.24. The van der Waals surface area contributed by atoms with E-state index in [9.17, 15) is 14.4 Å². The van der Waals surface area contributed by atoms with Crippen LogP contribution in [0.25, 0.3) is 0 Å². The highest BCUT2D eigenvalue weighted by Gasteiger charge is 2.23. The highest BCUT2D eigenvalue weighted by molar-refractivity contribution is 5.92. The molecule has 0 heterocycles. The predicted octanol–water partition coefficient (Wildman–Crippen LogP) is -2.67. The van der Waals surface area contributed by atoms with Crippen LogP contribution in [0.15, 0.2) is 0 Å². The molecule has 8 N–H and O–H groups in total. The number of carbonyl (C=O) groups is 3. The van der Waals surface area contributed by atoms with Crippen molar-refractivity contribution in [2.24, 2.45) is 22.9 Å². The first kappa shape index (κ1) is 15.5. The van der Waals surface area contributed by atoms with Gasteiger partial charge in [0.25, 0.3) is 0 Å². The third-order valence-corrected chi connectivity index (χ3v) is 1.95. The molecule has 0 aliphatic rings. The summed E-state index contributed by atoms with van der Waals surface area (Å²) in [4.78, 5) is 33.0. The van der Waals surface area contributed by atoms with Gasteiger partial charge in [0, 0.05) is 0 Å². The maximum Gasteiger partial charge on any atom is 0.331 e. The zero-order chi connectivity index (χ0) is 13.4. The first-order valence-corrected chi connectivity index (χ1v) is 5.13. The third-order valence-electron chi connectivity index (χ3n) is 1.95. The van der Waals surface area contributed by atoms with Gasteiger partial charge in [-0.05, 0) is 19.4 Å². The van der Waals surface area contributed by atoms with Gasteiger partial charge in [-0.2, -0.15) is 0 Å². The SMILES string of the molecule is NCCC[C@@H](N)C(=O)OC(=O)[C@@H](N)CC(N)=O. The largest absolute Gasteiger partial charge is 0.391 e. The third kappa shape index (κ3) is 6.61. The fraction of sp³-hybridized carbons (Fsp3) is 0.667. The quantitative estimate of drug-likeness (QED) is 0.281. The minimum Gasteiger partial charge on any atom is -0.391 e. The van der Waals surface area contributed by atoms with Crippen molar-refractivity contribution in [1.29, 1.82) is 0 Å². The number of hydrogen-bond donors (Lipinski definition) is 4. The molecule has 0 fully saturated rings. The Labute approximate surface area is 98.6 Å². The Kier molecular flexibility index (Phi) is 7.03. The van der Waals surface area contributed by atoms with Crippen LogP contribution >= 0.6 is 0 Å². The molecule has 0 aromatic carbocycles. The van der Waals surface area contributed by atoms with Crippen LogP contribution in [0, 0.1) is 0 Å². The van der Waals surface area contributed by atoms with Crippen molar-refractivity contribution in [2.75, 3.05) is 6.54 Å². The van der Waals surface area contributed by atoms with Crippen molar-refractivity contribution in [2.45, 2.75) is 31.3 Å². The van der Waals surface area contributed by atoms with Gasteiger partial charge in [-0.3, -0.25) is 4.79 Å². The van der Waals surface area contributed by atoms with E-state index in [4.69, 9.17) is 22.9 Å². The molecular weight excluding hydrogens is 228 g/mol. The number of esters is 2. The van der Waals surface area contributed by atoms with E-state index in [1.807, 2.05) is 0 Å². The van der Waals surface area contributed by atoms with Crippen LogP contribution in [0.3, 0.4) is 0 Å². The fourth-order valence-corrected chi connectivity index (χ4v) is 1.01. The summed E-state index contributed by atoms with van der Waals surface area (Å²) in [5, 5.41) is 0. The molecule has 0 rings (SSSR count). The molecule has 2 atom stereocenters. The molecule has 0 bridgehead atoms. The molecule has 0 radical (unpaired) electrons. The van der Waals surface area contributed by atoms with Gasteiger partial charge in [0.2, 0.25) is 5.91 Å². The lowest BCUT2D eigenvalue weighted by Gasteiger charge is -2.12. The van der Waals surface area contributed by atoms with E-state index in [2.05, 4.69) is 4.74 Å². The number of amides is 1. The standard InChI is InChI=1S/C9H18N4O4/c10-3-1-2-5(11)8(15)17-9(16)6(12)4-7(13)14/h5-6H,1-4,10-12H2,(H2,13,14)/t5-,6+/m1/s1. The van der Waals surface area contributed by atoms with Crippen molar-refractivity contribution in [1.82, 2.24) is 0 Å². The van der Waals surface area contributed by atoms with Gasteiger partial charge in [0.15, 0.2) is 0 Å². The zero-order valence-corrected chi connectivity index (χ0v) is 9.43. The molecule has 0 aromatic rings. The fourth-order valence-electron chi connectivity index (χ4n) is 1.01. The minimum absolute atomic E-state index is 0.313. The van der Waals surface area contributed by atoms with Crippen molar-refractivity contribution >= 4 is 17.8 Å². The van der Waals surface area contributed by atoms with Crippen LogP contribution < -0.4 is 22.9 Å². The van der Waals surface area contributed by atoms with Gasteiger partial charge < -0.3 is 27.7 Å². The van der Waals surface area contributed by atoms with E-state index in [-0.39, 0.29) is 6.42 Å². The topological polar surface area (TPSA) is 165 Å². The molecule has 1 amide bonds. The summed E-state index contributed by atoms with van der Waals surface area (Å²) in [6, 6.07) is -2.18. The highest BCUT2D eigenvalue weighted by Crippen LogP contribution is 1.99. The van der Waals surface area contributed by atoms with E-state index >= 15 is 0 Å². The average molecular weight is 246 g/mol. The summed E-state index contributed by atoms with van der Waals surface area (Å²) in [6.45, 7) is 0.385. The van der Waals surface area contributed by atoms with Crippen LogP contribution in [-0.4, -0.2) is 36.5 Å². The van der Waals surface area contributed by atoms with Gasteiger partial charge in [0.1, 0.15) is 12.1 Å². The van der Waals surface area contributed by atoms with Gasteiger partial charge in [-0.15, -0.1) is 0 Å². The molecule has 0 spiro atoms. The number of ether oxygens (including phenoxy) is 1. The highest BCUT2D eigenvalue weighted by atomic mass is 16.6. The van der Waals surface area contributed by atoms with E-state index in [1.54, 1.807) is 0 Å². The number of nitrogens with two attached hydrogens (primary N) is 4. The van der Waals surface area contributed by atoms with Crippen LogP contribution in [0.4, 0.5) is 0 Å². The summed E-state index contributed by atoms with van der Waals surface area (Å²) in [5.74, 6) is -2.66. The van der Waals surface area contributed by atoms with Gasteiger partial charge in [-0.25, -0.2) is 9.59 Å². The minimum atomic E-state index is -1.25. The molecule has 0 unspecified atom stereocenters. The van der Waals surface area contributed by atoms with Crippen molar-refractivity contribution in [3.8, 4) is 0 Å². The summed E-state index contributed by atoms with van der Waals surface area (Å²) < 4.78 is 4.40. The Morgan fingerprint density at radius 3 is 2.06 bits per heavy atom. The Bertz CT molecular complexity index is 295. The molecule has 0 saturated carbocycles. The molecular formula is C9H18N4O4. The van der Waals surface area contributed by atoms with Gasteiger partial charge >= 0.3 is 11.9 Å². The lowest BCUT2D eigenvalue weighted by atomic mass is 10.1. The van der Waals surface area contributed by atoms with Crippen molar-refractivity contribution < 1.29 is 19.1 Å². The number of primary amides is 1. The molecule has 8 nitrogen and oxygen atoms in total. The Balaban J connectivity index is 4.10. The normalized spacial score (nSPS) is 13.8. The van der Waals surface area contributed by atoms with E-state index < -0.39 is 29.9 Å². The maximum absolute atomic E-state index is 11.3. The Morgan fingerprint density at radius 2 is 1.59 bits per heavy atom. The first-order chi connectivity index (χ1) is 7.88. The molecule has 0 aromatic heterocycles. The molecule has 0 aliphatic carbocycles. The van der Waals surface area contributed by atoms with Gasteiger partial charge in [-0.1, -0.05) is 0 Å². The molecule has 0 saturated heterocycles. The molecule has 98 valence electrons. The second kappa shape index (κ2) is 7.71. The summed E-state index contributed by atoms with van der Waals surface area (Å²) >= 11 is 0. The Hall–Kier alpha value is -1.51. The van der Waals surface area contributed by atoms with Crippen LogP contribution in [0.1, 0.15) is 19.3 Å². The first-order valence-electron chi connectivity index (χ1n) is 5.13. The molecule has 17 heavy (non-hydrogen) atoms. The number of rotatable bonds is 7. The zero-order valence-electron chi connectivity index (χ0n) is 9.43. The predicted molar refractivity (Wildman–Crippen MR) is 59.1 cm³/mol. The second-order valence-electron chi connectivity index (χ2n) is 3.55.